The molecule has 5 heteroatoms. The van der Waals surface area contributed by atoms with Crippen LogP contribution in [0.4, 0.5) is 0 Å². The molecular formula is C36H23N5. The topological polar surface area (TPSA) is 40.0 Å². The van der Waals surface area contributed by atoms with Crippen LogP contribution in [0.1, 0.15) is 0 Å². The lowest BCUT2D eigenvalue weighted by Crippen LogP contribution is -1.98. The molecule has 4 aromatic heterocycles. The lowest BCUT2D eigenvalue weighted by Gasteiger charge is -2.11. The van der Waals surface area contributed by atoms with Gasteiger partial charge in [0, 0.05) is 27.2 Å². The Kier molecular flexibility index (Phi) is 4.55. The van der Waals surface area contributed by atoms with Gasteiger partial charge in [-0.15, -0.1) is 0 Å². The molecule has 192 valence electrons. The maximum Gasteiger partial charge on any atom is 0.112 e. The van der Waals surface area contributed by atoms with E-state index in [2.05, 4.69) is 119 Å². The highest BCUT2D eigenvalue weighted by molar-refractivity contribution is 6.13. The van der Waals surface area contributed by atoms with Crippen LogP contribution in [-0.4, -0.2) is 24.0 Å². The van der Waals surface area contributed by atoms with Crippen LogP contribution in [0.3, 0.4) is 0 Å². The number of para-hydroxylation sites is 3. The van der Waals surface area contributed by atoms with Crippen LogP contribution in [0.15, 0.2) is 140 Å². The first-order valence-corrected chi connectivity index (χ1v) is 13.8. The Morgan fingerprint density at radius 1 is 0.439 bits per heavy atom. The third-order valence-corrected chi connectivity index (χ3v) is 8.19. The van der Waals surface area contributed by atoms with Gasteiger partial charge in [0.1, 0.15) is 11.0 Å². The second-order valence-corrected chi connectivity index (χ2v) is 10.4. The van der Waals surface area contributed by atoms with E-state index >= 15 is 0 Å². The fourth-order valence-corrected chi connectivity index (χ4v) is 6.36. The molecule has 0 radical (unpaired) electrons. The summed E-state index contributed by atoms with van der Waals surface area (Å²) in [7, 11) is 0. The van der Waals surface area contributed by atoms with Gasteiger partial charge >= 0.3 is 0 Å². The molecule has 0 aliphatic heterocycles. The maximum absolute atomic E-state index is 4.81. The number of benzene rings is 5. The number of fused-ring (bicyclic) bond motifs is 9. The first-order chi connectivity index (χ1) is 20.3. The molecule has 0 N–H and O–H groups in total. The standard InChI is InChI=1S/C36H23N5/c1-3-9-26(10-4-1)39-32-14-8-7-13-28(32)30-21-25(16-18-33(30)39)24-15-17-29-31(22-24)36-35(41-34(29)19-20-37-41)23-38-40(36)27-11-5-2-6-12-27/h1-23H. The SMILES string of the molecule is c1ccc(-n2ncc3c2c2cc(-c4ccc5c(c4)c4ccccc4n5-c4ccccc4)ccc2c2ccnn23)cc1. The van der Waals surface area contributed by atoms with E-state index in [1.54, 1.807) is 0 Å². The quantitative estimate of drug-likeness (QED) is 0.232. The van der Waals surface area contributed by atoms with Gasteiger partial charge < -0.3 is 4.57 Å². The van der Waals surface area contributed by atoms with E-state index in [1.165, 1.54) is 38.6 Å². The first kappa shape index (κ1) is 22.2. The number of aromatic nitrogens is 5. The molecule has 5 nitrogen and oxygen atoms in total. The largest absolute Gasteiger partial charge is 0.309 e. The van der Waals surface area contributed by atoms with E-state index in [-0.39, 0.29) is 0 Å². The number of pyridine rings is 1. The molecule has 9 rings (SSSR count). The van der Waals surface area contributed by atoms with Gasteiger partial charge in [-0.1, -0.05) is 72.8 Å². The summed E-state index contributed by atoms with van der Waals surface area (Å²) in [6.07, 6.45) is 3.78. The molecule has 0 aliphatic carbocycles. The Bertz CT molecular complexity index is 2410. The number of hydrogen-bond acceptors (Lipinski definition) is 2. The van der Waals surface area contributed by atoms with Gasteiger partial charge in [-0.3, -0.25) is 0 Å². The van der Waals surface area contributed by atoms with E-state index < -0.39 is 0 Å². The van der Waals surface area contributed by atoms with E-state index in [0.717, 1.165) is 33.0 Å². The van der Waals surface area contributed by atoms with E-state index in [1.807, 2.05) is 39.8 Å². The molecule has 0 aliphatic rings. The predicted octanol–water partition coefficient (Wildman–Crippen LogP) is 8.59. The second kappa shape index (κ2) is 8.41. The molecule has 0 fully saturated rings. The van der Waals surface area contributed by atoms with Crippen molar-refractivity contribution in [3.63, 3.8) is 0 Å². The van der Waals surface area contributed by atoms with Crippen molar-refractivity contribution >= 4 is 49.1 Å². The van der Waals surface area contributed by atoms with Crippen molar-refractivity contribution in [2.24, 2.45) is 0 Å². The molecule has 0 saturated carbocycles. The molecule has 0 unspecified atom stereocenters. The van der Waals surface area contributed by atoms with Gasteiger partial charge in [0.2, 0.25) is 0 Å². The average Bonchev–Trinajstić information content (AvgIpc) is 3.78. The van der Waals surface area contributed by atoms with Crippen LogP contribution in [0, 0.1) is 0 Å². The fraction of sp³-hybridized carbons (Fsp3) is 0. The summed E-state index contributed by atoms with van der Waals surface area (Å²) in [5, 5.41) is 14.2. The number of hydrogen-bond donors (Lipinski definition) is 0. The average molecular weight is 526 g/mol. The van der Waals surface area contributed by atoms with Crippen LogP contribution in [-0.2, 0) is 0 Å². The summed E-state index contributed by atoms with van der Waals surface area (Å²) in [6.45, 7) is 0. The van der Waals surface area contributed by atoms with Crippen molar-refractivity contribution in [1.29, 1.82) is 0 Å². The van der Waals surface area contributed by atoms with E-state index in [9.17, 15) is 0 Å². The maximum atomic E-state index is 4.81. The van der Waals surface area contributed by atoms with Gasteiger partial charge in [-0.25, -0.2) is 9.20 Å². The van der Waals surface area contributed by atoms with Gasteiger partial charge in [0.15, 0.2) is 0 Å². The molecule has 0 bridgehead atoms. The Balaban J connectivity index is 1.32. The lowest BCUT2D eigenvalue weighted by molar-refractivity contribution is 0.913. The second-order valence-electron chi connectivity index (χ2n) is 10.4. The van der Waals surface area contributed by atoms with Gasteiger partial charge in [-0.2, -0.15) is 10.2 Å². The molecule has 4 heterocycles. The summed E-state index contributed by atoms with van der Waals surface area (Å²) in [5.41, 5.74) is 10.1. The van der Waals surface area contributed by atoms with Gasteiger partial charge in [0.25, 0.3) is 0 Å². The first-order valence-electron chi connectivity index (χ1n) is 13.8. The summed E-state index contributed by atoms with van der Waals surface area (Å²) in [5.74, 6) is 0. The highest BCUT2D eigenvalue weighted by Crippen LogP contribution is 2.37. The van der Waals surface area contributed by atoms with Crippen LogP contribution in [0.2, 0.25) is 0 Å². The van der Waals surface area contributed by atoms with Crippen molar-refractivity contribution in [3.05, 3.63) is 140 Å². The van der Waals surface area contributed by atoms with E-state index in [4.69, 9.17) is 5.10 Å². The molecule has 41 heavy (non-hydrogen) atoms. The Hall–Kier alpha value is -5.68. The molecule has 9 aromatic rings. The molecule has 0 atom stereocenters. The summed E-state index contributed by atoms with van der Waals surface area (Å²) >= 11 is 0. The Labute approximate surface area is 235 Å². The predicted molar refractivity (Wildman–Crippen MR) is 167 cm³/mol. The molecule has 0 amide bonds. The van der Waals surface area contributed by atoms with Crippen molar-refractivity contribution in [1.82, 2.24) is 24.0 Å². The molecule has 0 spiro atoms. The smallest absolute Gasteiger partial charge is 0.112 e. The monoisotopic (exact) mass is 525 g/mol. The van der Waals surface area contributed by atoms with Gasteiger partial charge in [0.05, 0.1) is 34.6 Å². The summed E-state index contributed by atoms with van der Waals surface area (Å²) in [6, 6.07) is 45.2. The van der Waals surface area contributed by atoms with E-state index in [0.29, 0.717) is 0 Å². The van der Waals surface area contributed by atoms with Crippen LogP contribution in [0.25, 0.3) is 71.6 Å². The van der Waals surface area contributed by atoms with Crippen LogP contribution >= 0.6 is 0 Å². The zero-order valence-corrected chi connectivity index (χ0v) is 22.0. The zero-order valence-electron chi connectivity index (χ0n) is 22.0. The molecule has 0 saturated heterocycles. The van der Waals surface area contributed by atoms with Gasteiger partial charge in [-0.05, 0) is 65.7 Å². The van der Waals surface area contributed by atoms with Crippen LogP contribution < -0.4 is 0 Å². The van der Waals surface area contributed by atoms with Crippen molar-refractivity contribution in [2.75, 3.05) is 0 Å². The number of nitrogens with zero attached hydrogens (tertiary/aromatic N) is 5. The summed E-state index contributed by atoms with van der Waals surface area (Å²) in [4.78, 5) is 0. The minimum absolute atomic E-state index is 0.986. The zero-order chi connectivity index (χ0) is 26.9. The van der Waals surface area contributed by atoms with Crippen LogP contribution in [0.5, 0.6) is 0 Å². The third kappa shape index (κ3) is 3.17. The molecule has 5 aromatic carbocycles. The highest BCUT2D eigenvalue weighted by atomic mass is 15.3. The minimum Gasteiger partial charge on any atom is -0.309 e. The van der Waals surface area contributed by atoms with Crippen molar-refractivity contribution in [3.8, 4) is 22.5 Å². The Morgan fingerprint density at radius 2 is 1.10 bits per heavy atom. The third-order valence-electron chi connectivity index (χ3n) is 8.19. The normalized spacial score (nSPS) is 11.9. The lowest BCUT2D eigenvalue weighted by atomic mass is 9.99. The summed E-state index contributed by atoms with van der Waals surface area (Å²) < 4.78 is 6.38. The minimum atomic E-state index is 0.986. The molecular weight excluding hydrogens is 502 g/mol. The number of rotatable bonds is 3. The van der Waals surface area contributed by atoms with Crippen molar-refractivity contribution in [2.45, 2.75) is 0 Å². The highest BCUT2D eigenvalue weighted by Gasteiger charge is 2.17. The van der Waals surface area contributed by atoms with Crippen molar-refractivity contribution < 1.29 is 0 Å². The fourth-order valence-electron chi connectivity index (χ4n) is 6.36. The Morgan fingerprint density at radius 3 is 1.93 bits per heavy atom.